The number of carboxylic acid groups (broad SMARTS) is 1. The molecule has 7 heteroatoms. The van der Waals surface area contributed by atoms with Crippen LogP contribution >= 0.6 is 0 Å². The third-order valence-corrected chi connectivity index (χ3v) is 5.38. The van der Waals surface area contributed by atoms with Gasteiger partial charge < -0.3 is 19.2 Å². The standard InChI is InChI=1S/C27H30FNO5/c1-19(2)29(27(32)20-13-14-22(23(28)17-20)25-11-8-16-34-25)18-21-9-5-6-10-24(21)33-15-7-3-4-12-26(30)31/h5-6,8-11,13-14,16-17,19H,3-4,7,12,15,18H2,1-2H3,(H,30,31)/i19D. The average molecular weight is 469 g/mol. The van der Waals surface area contributed by atoms with Gasteiger partial charge in [-0.15, -0.1) is 0 Å². The molecule has 180 valence electrons. The quantitative estimate of drug-likeness (QED) is 0.322. The van der Waals surface area contributed by atoms with Crippen molar-refractivity contribution in [2.24, 2.45) is 0 Å². The van der Waals surface area contributed by atoms with Crippen LogP contribution in [0.4, 0.5) is 4.39 Å². The number of hydrogen-bond donors (Lipinski definition) is 1. The number of halogens is 1. The van der Waals surface area contributed by atoms with E-state index in [4.69, 9.17) is 15.6 Å². The van der Waals surface area contributed by atoms with Crippen LogP contribution in [0.1, 0.15) is 56.8 Å². The van der Waals surface area contributed by atoms with Gasteiger partial charge in [0.2, 0.25) is 0 Å². The lowest BCUT2D eigenvalue weighted by atomic mass is 10.1. The number of para-hydroxylation sites is 1. The fourth-order valence-electron chi connectivity index (χ4n) is 3.55. The molecule has 0 saturated heterocycles. The molecule has 1 amide bonds. The minimum Gasteiger partial charge on any atom is -0.493 e. The van der Waals surface area contributed by atoms with Crippen LogP contribution in [-0.2, 0) is 11.3 Å². The molecule has 2 aromatic carbocycles. The maximum absolute atomic E-state index is 14.8. The van der Waals surface area contributed by atoms with Gasteiger partial charge in [0.1, 0.15) is 17.3 Å². The molecule has 1 aromatic heterocycles. The zero-order chi connectivity index (χ0) is 25.4. The molecule has 0 spiro atoms. The Labute approximate surface area is 200 Å². The summed E-state index contributed by atoms with van der Waals surface area (Å²) in [7, 11) is 0. The fraction of sp³-hybridized carbons (Fsp3) is 0.333. The van der Waals surface area contributed by atoms with Crippen molar-refractivity contribution in [3.05, 3.63) is 77.8 Å². The monoisotopic (exact) mass is 468 g/mol. The minimum absolute atomic E-state index is 0.103. The third kappa shape index (κ3) is 6.70. The van der Waals surface area contributed by atoms with Gasteiger partial charge >= 0.3 is 5.97 Å². The summed E-state index contributed by atoms with van der Waals surface area (Å²) in [6.07, 6.45) is 3.61. The van der Waals surface area contributed by atoms with Crippen LogP contribution in [-0.4, -0.2) is 34.5 Å². The number of carbonyl (C=O) groups is 2. The molecule has 0 saturated carbocycles. The van der Waals surface area contributed by atoms with Crippen LogP contribution in [0.15, 0.2) is 65.3 Å². The Morgan fingerprint density at radius 1 is 1.12 bits per heavy atom. The van der Waals surface area contributed by atoms with E-state index >= 15 is 0 Å². The van der Waals surface area contributed by atoms with Gasteiger partial charge in [-0.3, -0.25) is 9.59 Å². The molecule has 0 unspecified atom stereocenters. The van der Waals surface area contributed by atoms with Crippen molar-refractivity contribution in [1.29, 1.82) is 0 Å². The predicted molar refractivity (Wildman–Crippen MR) is 127 cm³/mol. The third-order valence-electron chi connectivity index (χ3n) is 5.38. The SMILES string of the molecule is [2H]C(C)(C)N(Cc1ccccc1OCCCCCC(=O)O)C(=O)c1ccc(-c2ccco2)c(F)c1. The van der Waals surface area contributed by atoms with E-state index in [2.05, 4.69) is 0 Å². The molecule has 3 rings (SSSR count). The fourth-order valence-corrected chi connectivity index (χ4v) is 3.55. The molecule has 0 aliphatic rings. The normalized spacial score (nSPS) is 11.7. The number of rotatable bonds is 12. The lowest BCUT2D eigenvalue weighted by Crippen LogP contribution is -2.36. The molecule has 34 heavy (non-hydrogen) atoms. The van der Waals surface area contributed by atoms with Gasteiger partial charge in [0.25, 0.3) is 5.91 Å². The van der Waals surface area contributed by atoms with Crippen molar-refractivity contribution < 1.29 is 29.6 Å². The molecule has 6 nitrogen and oxygen atoms in total. The summed E-state index contributed by atoms with van der Waals surface area (Å²) in [6.45, 7) is 3.72. The van der Waals surface area contributed by atoms with Crippen molar-refractivity contribution in [1.82, 2.24) is 4.90 Å². The highest BCUT2D eigenvalue weighted by Gasteiger charge is 2.22. The first-order chi connectivity index (χ1) is 16.7. The van der Waals surface area contributed by atoms with Gasteiger partial charge in [-0.2, -0.15) is 0 Å². The van der Waals surface area contributed by atoms with Crippen LogP contribution in [0.3, 0.4) is 0 Å². The van der Waals surface area contributed by atoms with Gasteiger partial charge in [0, 0.05) is 30.1 Å². The van der Waals surface area contributed by atoms with Crippen molar-refractivity contribution in [2.45, 2.75) is 52.1 Å². The first kappa shape index (κ1) is 23.5. The van der Waals surface area contributed by atoms with Crippen molar-refractivity contribution in [2.75, 3.05) is 6.61 Å². The molecule has 0 aliphatic heterocycles. The number of nitrogens with zero attached hydrogens (tertiary/aromatic N) is 1. The summed E-state index contributed by atoms with van der Waals surface area (Å²) in [6, 6.07) is 13.5. The molecule has 0 bridgehead atoms. The Morgan fingerprint density at radius 3 is 2.59 bits per heavy atom. The molecule has 1 heterocycles. The maximum Gasteiger partial charge on any atom is 0.303 e. The molecule has 0 atom stereocenters. The summed E-state index contributed by atoms with van der Waals surface area (Å²) < 4.78 is 34.5. The molecule has 0 radical (unpaired) electrons. The van der Waals surface area contributed by atoms with E-state index in [0.29, 0.717) is 31.0 Å². The zero-order valence-electron chi connectivity index (χ0n) is 20.4. The summed E-state index contributed by atoms with van der Waals surface area (Å²) in [5, 5.41) is 8.73. The largest absolute Gasteiger partial charge is 0.493 e. The van der Waals surface area contributed by atoms with Gasteiger partial charge in [-0.05, 0) is 69.5 Å². The number of carboxylic acids is 1. The number of ether oxygens (including phenoxy) is 1. The van der Waals surface area contributed by atoms with Gasteiger partial charge in [-0.1, -0.05) is 18.2 Å². The Kier molecular flexibility index (Phi) is 8.32. The maximum atomic E-state index is 14.8. The molecule has 0 aliphatic carbocycles. The second-order valence-electron chi connectivity index (χ2n) is 8.17. The first-order valence-corrected chi connectivity index (χ1v) is 11.2. The van der Waals surface area contributed by atoms with Crippen molar-refractivity contribution >= 4 is 11.9 Å². The smallest absolute Gasteiger partial charge is 0.303 e. The number of furan rings is 1. The summed E-state index contributed by atoms with van der Waals surface area (Å²) in [4.78, 5) is 25.4. The number of amides is 1. The van der Waals surface area contributed by atoms with Crippen LogP contribution in [0, 0.1) is 5.82 Å². The summed E-state index contributed by atoms with van der Waals surface area (Å²) in [5.74, 6) is -0.909. The number of aliphatic carboxylic acids is 1. The highest BCUT2D eigenvalue weighted by Crippen LogP contribution is 2.26. The van der Waals surface area contributed by atoms with Crippen molar-refractivity contribution in [3.8, 4) is 17.1 Å². The Balaban J connectivity index is 1.74. The number of carbonyl (C=O) groups excluding carboxylic acids is 1. The van der Waals surface area contributed by atoms with Crippen LogP contribution < -0.4 is 4.74 Å². The first-order valence-electron chi connectivity index (χ1n) is 11.7. The minimum atomic E-state index is -1.28. The van der Waals surface area contributed by atoms with E-state index < -0.39 is 23.7 Å². The Morgan fingerprint density at radius 2 is 1.91 bits per heavy atom. The summed E-state index contributed by atoms with van der Waals surface area (Å²) >= 11 is 0. The van der Waals surface area contributed by atoms with Gasteiger partial charge in [0.05, 0.1) is 19.8 Å². The van der Waals surface area contributed by atoms with E-state index in [1.807, 2.05) is 18.2 Å². The van der Waals surface area contributed by atoms with E-state index in [9.17, 15) is 14.0 Å². The van der Waals surface area contributed by atoms with Crippen LogP contribution in [0.2, 0.25) is 0 Å². The van der Waals surface area contributed by atoms with Crippen LogP contribution in [0.25, 0.3) is 11.3 Å². The lowest BCUT2D eigenvalue weighted by molar-refractivity contribution is -0.137. The molecular formula is C27H30FNO5. The summed E-state index contributed by atoms with van der Waals surface area (Å²) in [5.41, 5.74) is 1.11. The zero-order valence-corrected chi connectivity index (χ0v) is 19.4. The highest BCUT2D eigenvalue weighted by atomic mass is 19.1. The van der Waals surface area contributed by atoms with E-state index in [1.54, 1.807) is 32.0 Å². The van der Waals surface area contributed by atoms with E-state index in [1.165, 1.54) is 29.4 Å². The predicted octanol–water partition coefficient (Wildman–Crippen LogP) is 6.16. The van der Waals surface area contributed by atoms with Gasteiger partial charge in [-0.25, -0.2) is 4.39 Å². The van der Waals surface area contributed by atoms with Crippen LogP contribution in [0.5, 0.6) is 5.75 Å². The lowest BCUT2D eigenvalue weighted by Gasteiger charge is -2.28. The molecular weight excluding hydrogens is 437 g/mol. The second-order valence-corrected chi connectivity index (χ2v) is 8.17. The second kappa shape index (κ2) is 12.0. The molecule has 0 fully saturated rings. The number of benzene rings is 2. The average Bonchev–Trinajstić information content (AvgIpc) is 3.33. The number of unbranched alkanes of at least 4 members (excludes halogenated alkanes) is 2. The Hall–Kier alpha value is -3.61. The van der Waals surface area contributed by atoms with Crippen molar-refractivity contribution in [3.63, 3.8) is 0 Å². The van der Waals surface area contributed by atoms with E-state index in [-0.39, 0.29) is 24.1 Å². The number of hydrogen-bond acceptors (Lipinski definition) is 4. The topological polar surface area (TPSA) is 80.0 Å². The highest BCUT2D eigenvalue weighted by molar-refractivity contribution is 5.95. The van der Waals surface area contributed by atoms with Gasteiger partial charge in [0.15, 0.2) is 0 Å². The Bertz CT molecular complexity index is 1140. The van der Waals surface area contributed by atoms with E-state index in [0.717, 1.165) is 12.0 Å². The molecule has 3 aromatic rings. The molecule has 1 N–H and O–H groups in total.